The van der Waals surface area contributed by atoms with Gasteiger partial charge in [-0.2, -0.15) is 0 Å². The molecule has 0 heterocycles. The lowest BCUT2D eigenvalue weighted by Gasteiger charge is -1.99. The summed E-state index contributed by atoms with van der Waals surface area (Å²) in [6.45, 7) is 0.172. The molecular formula is C6H10ClNO3. The highest BCUT2D eigenvalue weighted by Gasteiger charge is 2.00. The molecule has 1 amide bonds. The van der Waals surface area contributed by atoms with E-state index in [1.54, 1.807) is 0 Å². The molecule has 4 nitrogen and oxygen atoms in total. The SMILES string of the molecule is O=C(O)CCNC(=O)CCCl. The summed E-state index contributed by atoms with van der Waals surface area (Å²) in [5.74, 6) is -0.865. The number of halogens is 1. The van der Waals surface area contributed by atoms with Crippen molar-refractivity contribution in [3.05, 3.63) is 0 Å². The zero-order valence-electron chi connectivity index (χ0n) is 5.97. The van der Waals surface area contributed by atoms with E-state index < -0.39 is 5.97 Å². The van der Waals surface area contributed by atoms with Crippen molar-refractivity contribution in [3.8, 4) is 0 Å². The predicted octanol–water partition coefficient (Wildman–Crippen LogP) is 0.206. The van der Waals surface area contributed by atoms with Gasteiger partial charge in [-0.3, -0.25) is 9.59 Å². The molecule has 0 radical (unpaired) electrons. The first-order chi connectivity index (χ1) is 5.16. The van der Waals surface area contributed by atoms with Gasteiger partial charge in [-0.05, 0) is 0 Å². The third-order valence-corrected chi connectivity index (χ3v) is 1.17. The highest BCUT2D eigenvalue weighted by atomic mass is 35.5. The van der Waals surface area contributed by atoms with E-state index in [0.29, 0.717) is 0 Å². The summed E-state index contributed by atoms with van der Waals surface area (Å²) < 4.78 is 0. The molecule has 0 aliphatic rings. The highest BCUT2D eigenvalue weighted by molar-refractivity contribution is 6.18. The van der Waals surface area contributed by atoms with Gasteiger partial charge >= 0.3 is 5.97 Å². The van der Waals surface area contributed by atoms with Crippen molar-refractivity contribution in [3.63, 3.8) is 0 Å². The van der Waals surface area contributed by atoms with Gasteiger partial charge in [-0.15, -0.1) is 11.6 Å². The maximum Gasteiger partial charge on any atom is 0.305 e. The molecule has 0 spiro atoms. The molecule has 11 heavy (non-hydrogen) atoms. The Morgan fingerprint density at radius 1 is 1.36 bits per heavy atom. The number of carboxylic acids is 1. The maximum absolute atomic E-state index is 10.6. The van der Waals surface area contributed by atoms with Crippen molar-refractivity contribution in [2.45, 2.75) is 12.8 Å². The van der Waals surface area contributed by atoms with Crippen LogP contribution in [-0.2, 0) is 9.59 Å². The van der Waals surface area contributed by atoms with E-state index in [4.69, 9.17) is 16.7 Å². The highest BCUT2D eigenvalue weighted by Crippen LogP contribution is 1.84. The number of nitrogens with one attached hydrogen (secondary N) is 1. The summed E-state index contributed by atoms with van der Waals surface area (Å²) in [5, 5.41) is 10.6. The fraction of sp³-hybridized carbons (Fsp3) is 0.667. The van der Waals surface area contributed by atoms with Crippen LogP contribution in [0.15, 0.2) is 0 Å². The standard InChI is InChI=1S/C6H10ClNO3/c7-3-1-5(9)8-4-2-6(10)11/h1-4H2,(H,8,9)(H,10,11). The van der Waals surface area contributed by atoms with Gasteiger partial charge in [0.05, 0.1) is 6.42 Å². The van der Waals surface area contributed by atoms with Crippen molar-refractivity contribution in [1.29, 1.82) is 0 Å². The number of hydrogen-bond donors (Lipinski definition) is 2. The van der Waals surface area contributed by atoms with Gasteiger partial charge < -0.3 is 10.4 Å². The van der Waals surface area contributed by atoms with Crippen LogP contribution in [0.5, 0.6) is 0 Å². The van der Waals surface area contributed by atoms with Crippen LogP contribution in [-0.4, -0.2) is 29.4 Å². The molecule has 0 aliphatic heterocycles. The fourth-order valence-electron chi connectivity index (χ4n) is 0.483. The van der Waals surface area contributed by atoms with Crippen molar-refractivity contribution >= 4 is 23.5 Å². The van der Waals surface area contributed by atoms with Crippen LogP contribution in [0.3, 0.4) is 0 Å². The summed E-state index contributed by atoms with van der Waals surface area (Å²) >= 11 is 5.26. The minimum Gasteiger partial charge on any atom is -0.481 e. The second-order valence-electron chi connectivity index (χ2n) is 1.93. The van der Waals surface area contributed by atoms with Gasteiger partial charge in [0.25, 0.3) is 0 Å². The Labute approximate surface area is 69.5 Å². The van der Waals surface area contributed by atoms with Gasteiger partial charge in [0.1, 0.15) is 0 Å². The number of aliphatic carboxylic acids is 1. The van der Waals surface area contributed by atoms with E-state index in [0.717, 1.165) is 0 Å². The zero-order chi connectivity index (χ0) is 8.69. The fourth-order valence-corrected chi connectivity index (χ4v) is 0.655. The Hall–Kier alpha value is -0.770. The first kappa shape index (κ1) is 10.2. The third-order valence-electron chi connectivity index (χ3n) is 0.983. The molecule has 0 unspecified atom stereocenters. The molecular weight excluding hydrogens is 170 g/mol. The molecule has 0 aromatic carbocycles. The summed E-state index contributed by atoms with van der Waals surface area (Å²) in [6.07, 6.45) is 0.190. The largest absolute Gasteiger partial charge is 0.481 e. The first-order valence-corrected chi connectivity index (χ1v) is 3.74. The minimum absolute atomic E-state index is 0.0476. The monoisotopic (exact) mass is 179 g/mol. The van der Waals surface area contributed by atoms with Gasteiger partial charge in [0, 0.05) is 18.8 Å². The Morgan fingerprint density at radius 3 is 2.45 bits per heavy atom. The molecule has 0 fully saturated rings. The van der Waals surface area contributed by atoms with Crippen molar-refractivity contribution in [2.75, 3.05) is 12.4 Å². The Morgan fingerprint density at radius 2 is 2.00 bits per heavy atom. The number of carbonyl (C=O) groups excluding carboxylic acids is 1. The molecule has 0 aromatic rings. The molecule has 2 N–H and O–H groups in total. The van der Waals surface area contributed by atoms with Gasteiger partial charge in [0.2, 0.25) is 5.91 Å². The molecule has 0 bridgehead atoms. The molecule has 0 aliphatic carbocycles. The number of rotatable bonds is 5. The van der Waals surface area contributed by atoms with E-state index >= 15 is 0 Å². The lowest BCUT2D eigenvalue weighted by molar-refractivity contribution is -0.136. The van der Waals surface area contributed by atoms with Gasteiger partial charge in [0.15, 0.2) is 0 Å². The molecule has 0 aromatic heterocycles. The van der Waals surface area contributed by atoms with Crippen LogP contribution in [0, 0.1) is 0 Å². The topological polar surface area (TPSA) is 66.4 Å². The van der Waals surface area contributed by atoms with Crippen LogP contribution >= 0.6 is 11.6 Å². The summed E-state index contributed by atoms with van der Waals surface area (Å²) in [7, 11) is 0. The Bertz CT molecular complexity index is 149. The number of alkyl halides is 1. The lowest BCUT2D eigenvalue weighted by atomic mass is 10.4. The average molecular weight is 180 g/mol. The van der Waals surface area contributed by atoms with E-state index in [2.05, 4.69) is 5.32 Å². The summed E-state index contributed by atoms with van der Waals surface area (Å²) in [5.41, 5.74) is 0. The quantitative estimate of drug-likeness (QED) is 0.593. The predicted molar refractivity (Wildman–Crippen MR) is 40.6 cm³/mol. The van der Waals surface area contributed by atoms with Gasteiger partial charge in [-0.1, -0.05) is 0 Å². The number of amides is 1. The first-order valence-electron chi connectivity index (χ1n) is 3.21. The number of carboxylic acid groups (broad SMARTS) is 1. The average Bonchev–Trinajstić information content (AvgIpc) is 1.87. The summed E-state index contributed by atoms with van der Waals surface area (Å²) in [4.78, 5) is 20.6. The van der Waals surface area contributed by atoms with Crippen LogP contribution in [0.4, 0.5) is 0 Å². The Balaban J connectivity index is 3.24. The van der Waals surface area contributed by atoms with Crippen molar-refractivity contribution < 1.29 is 14.7 Å². The van der Waals surface area contributed by atoms with Crippen LogP contribution in [0.2, 0.25) is 0 Å². The number of hydrogen-bond acceptors (Lipinski definition) is 2. The molecule has 5 heteroatoms. The molecule has 64 valence electrons. The van der Waals surface area contributed by atoms with Crippen molar-refractivity contribution in [1.82, 2.24) is 5.32 Å². The molecule has 0 saturated heterocycles. The Kier molecular flexibility index (Phi) is 5.56. The van der Waals surface area contributed by atoms with E-state index in [9.17, 15) is 9.59 Å². The summed E-state index contributed by atoms with van der Waals surface area (Å²) in [6, 6.07) is 0. The number of carbonyl (C=O) groups is 2. The van der Waals surface area contributed by atoms with Crippen LogP contribution < -0.4 is 5.32 Å². The molecule has 0 atom stereocenters. The second-order valence-corrected chi connectivity index (χ2v) is 2.31. The third kappa shape index (κ3) is 7.12. The normalized spacial score (nSPS) is 9.18. The van der Waals surface area contributed by atoms with Crippen LogP contribution in [0.25, 0.3) is 0 Å². The second kappa shape index (κ2) is 5.97. The van der Waals surface area contributed by atoms with Crippen molar-refractivity contribution in [2.24, 2.45) is 0 Å². The molecule has 0 saturated carbocycles. The molecule has 0 rings (SSSR count). The van der Waals surface area contributed by atoms with E-state index in [1.165, 1.54) is 0 Å². The zero-order valence-corrected chi connectivity index (χ0v) is 6.73. The van der Waals surface area contributed by atoms with E-state index in [1.807, 2.05) is 0 Å². The van der Waals surface area contributed by atoms with Crippen LogP contribution in [0.1, 0.15) is 12.8 Å². The minimum atomic E-state index is -0.920. The lowest BCUT2D eigenvalue weighted by Crippen LogP contribution is -2.25. The maximum atomic E-state index is 10.6. The van der Waals surface area contributed by atoms with E-state index in [-0.39, 0.29) is 31.2 Å². The van der Waals surface area contributed by atoms with Gasteiger partial charge in [-0.25, -0.2) is 0 Å². The smallest absolute Gasteiger partial charge is 0.305 e.